The Hall–Kier alpha value is -1.94. The van der Waals surface area contributed by atoms with Gasteiger partial charge in [0.1, 0.15) is 19.3 Å². The summed E-state index contributed by atoms with van der Waals surface area (Å²) in [4.78, 5) is 73.6. The van der Waals surface area contributed by atoms with E-state index in [9.17, 15) is 43.2 Å². The number of hydrogen-bond acceptors (Lipinski definition) is 15. The van der Waals surface area contributed by atoms with E-state index in [2.05, 4.69) is 41.5 Å². The molecule has 0 heterocycles. The largest absolute Gasteiger partial charge is 0.472 e. The molecule has 0 aliphatic rings. The van der Waals surface area contributed by atoms with E-state index in [1.807, 2.05) is 0 Å². The van der Waals surface area contributed by atoms with Crippen LogP contribution in [0.5, 0.6) is 0 Å². The van der Waals surface area contributed by atoms with Crippen LogP contribution in [0.15, 0.2) is 0 Å². The van der Waals surface area contributed by atoms with E-state index in [4.69, 9.17) is 37.0 Å². The summed E-state index contributed by atoms with van der Waals surface area (Å²) in [5.74, 6) is -0.464. The van der Waals surface area contributed by atoms with Crippen LogP contribution in [-0.4, -0.2) is 96.7 Å². The maximum absolute atomic E-state index is 13.2. The minimum absolute atomic E-state index is 0.109. The minimum Gasteiger partial charge on any atom is -0.462 e. The molecule has 0 saturated carbocycles. The third-order valence-electron chi connectivity index (χ3n) is 22.5. The van der Waals surface area contributed by atoms with E-state index in [1.165, 1.54) is 334 Å². The number of hydrogen-bond donors (Lipinski definition) is 3. The SMILES string of the molecule is CCCCCCCCCCCCCCCCCCCCCCCCC(=O)O[C@H](COC(=O)CCCCCCCCCCCCCCCCCCCCC(C)C)COP(=O)(O)OC[C@@H](O)COP(=O)(O)OC[C@@H](COC(=O)CCCCCCCCCCCCCCC)OC(=O)CCCCCCCCCCCCCCCCCC(C)C. The molecule has 0 amide bonds. The van der Waals surface area contributed by atoms with Crippen molar-refractivity contribution >= 4 is 39.5 Å². The van der Waals surface area contributed by atoms with Gasteiger partial charge < -0.3 is 33.8 Å². The van der Waals surface area contributed by atoms with Crippen LogP contribution in [0, 0.1) is 11.8 Å². The van der Waals surface area contributed by atoms with E-state index in [-0.39, 0.29) is 25.7 Å². The fourth-order valence-corrected chi connectivity index (χ4v) is 16.6. The highest BCUT2D eigenvalue weighted by Crippen LogP contribution is 2.45. The first-order valence-corrected chi connectivity index (χ1v) is 52.0. The molecule has 0 rings (SSSR count). The zero-order valence-corrected chi connectivity index (χ0v) is 77.2. The molecule has 114 heavy (non-hydrogen) atoms. The lowest BCUT2D eigenvalue weighted by molar-refractivity contribution is -0.161. The lowest BCUT2D eigenvalue weighted by Crippen LogP contribution is -2.30. The summed E-state index contributed by atoms with van der Waals surface area (Å²) in [6.45, 7) is 9.79. The second kappa shape index (κ2) is 86.0. The molecule has 0 aromatic carbocycles. The Morgan fingerprint density at radius 1 is 0.237 bits per heavy atom. The van der Waals surface area contributed by atoms with Crippen molar-refractivity contribution < 1.29 is 80.2 Å². The molecule has 0 spiro atoms. The number of esters is 4. The van der Waals surface area contributed by atoms with Gasteiger partial charge in [0.15, 0.2) is 12.2 Å². The van der Waals surface area contributed by atoms with E-state index >= 15 is 0 Å². The number of ether oxygens (including phenoxy) is 4. The molecule has 0 aliphatic carbocycles. The van der Waals surface area contributed by atoms with Crippen molar-refractivity contribution in [3.05, 3.63) is 0 Å². The molecule has 5 atom stereocenters. The van der Waals surface area contributed by atoms with E-state index in [1.54, 1.807) is 0 Å². The van der Waals surface area contributed by atoms with Crippen molar-refractivity contribution in [3.8, 4) is 0 Å². The van der Waals surface area contributed by atoms with Gasteiger partial charge in [-0.25, -0.2) is 9.13 Å². The van der Waals surface area contributed by atoms with Crippen molar-refractivity contribution in [1.82, 2.24) is 0 Å². The monoisotopic (exact) mass is 1660 g/mol. The van der Waals surface area contributed by atoms with Crippen molar-refractivity contribution in [1.29, 1.82) is 0 Å². The standard InChI is InChI=1S/C95H186O17P2/c1-7-9-11-13-15-17-19-21-22-23-24-25-26-27-32-37-43-49-55-61-67-73-79-94(99)112-91(84-106-93(98)78-72-66-60-54-48-42-36-31-29-28-30-34-40-45-51-57-63-69-75-87(3)4)86-110-114(103,104)108-82-89(96)81-107-113(101,102)109-85-90(83-105-92(97)77-71-65-59-53-47-39-20-18-16-14-12-10-8-2)111-95(100)80-74-68-62-56-50-44-38-33-35-41-46-52-58-64-70-76-88(5)6/h87-91,96H,7-86H2,1-6H3,(H,101,102)(H,103,104)/t89-,90+,91+/m0/s1. The highest BCUT2D eigenvalue weighted by Gasteiger charge is 2.31. The van der Waals surface area contributed by atoms with Crippen molar-refractivity contribution in [3.63, 3.8) is 0 Å². The van der Waals surface area contributed by atoms with Crippen LogP contribution in [-0.2, 0) is 65.4 Å². The number of aliphatic hydroxyl groups is 1. The number of phosphoric acid groups is 2. The maximum atomic E-state index is 13.2. The Balaban J connectivity index is 5.25. The predicted molar refractivity (Wildman–Crippen MR) is 474 cm³/mol. The van der Waals surface area contributed by atoms with Gasteiger partial charge in [-0.2, -0.15) is 0 Å². The zero-order valence-electron chi connectivity index (χ0n) is 75.4. The van der Waals surface area contributed by atoms with Gasteiger partial charge in [0.25, 0.3) is 0 Å². The molecule has 3 N–H and O–H groups in total. The van der Waals surface area contributed by atoms with Gasteiger partial charge in [-0.1, -0.05) is 465 Å². The first-order valence-electron chi connectivity index (χ1n) is 49.0. The van der Waals surface area contributed by atoms with Crippen LogP contribution >= 0.6 is 15.6 Å². The smallest absolute Gasteiger partial charge is 0.462 e. The van der Waals surface area contributed by atoms with Gasteiger partial charge >= 0.3 is 39.5 Å². The van der Waals surface area contributed by atoms with Gasteiger partial charge in [0.05, 0.1) is 26.4 Å². The Morgan fingerprint density at radius 3 is 0.596 bits per heavy atom. The normalized spacial score (nSPS) is 13.7. The topological polar surface area (TPSA) is 237 Å². The first kappa shape index (κ1) is 112. The summed E-state index contributed by atoms with van der Waals surface area (Å²) in [7, 11) is -9.94. The Kier molecular flexibility index (Phi) is 84.6. The lowest BCUT2D eigenvalue weighted by atomic mass is 10.0. The Labute approximate surface area is 702 Å². The van der Waals surface area contributed by atoms with Crippen LogP contribution in [0.25, 0.3) is 0 Å². The van der Waals surface area contributed by atoms with E-state index in [0.717, 1.165) is 102 Å². The molecule has 0 aliphatic heterocycles. The molecule has 0 aromatic rings. The van der Waals surface area contributed by atoms with E-state index < -0.39 is 97.5 Å². The van der Waals surface area contributed by atoms with Gasteiger partial charge in [-0.3, -0.25) is 37.3 Å². The van der Waals surface area contributed by atoms with Crippen molar-refractivity contribution in [2.45, 2.75) is 535 Å². The molecule has 17 nitrogen and oxygen atoms in total. The first-order chi connectivity index (χ1) is 55.4. The zero-order chi connectivity index (χ0) is 83.4. The Morgan fingerprint density at radius 2 is 0.404 bits per heavy atom. The summed E-state index contributed by atoms with van der Waals surface area (Å²) in [5.41, 5.74) is 0. The molecular weight excluding hydrogens is 1470 g/mol. The quantitative estimate of drug-likeness (QED) is 0.0222. The minimum atomic E-state index is -4.97. The number of phosphoric ester groups is 2. The second-order valence-corrected chi connectivity index (χ2v) is 38.0. The molecule has 2 unspecified atom stereocenters. The highest BCUT2D eigenvalue weighted by molar-refractivity contribution is 7.47. The van der Waals surface area contributed by atoms with Crippen LogP contribution in [0.4, 0.5) is 0 Å². The summed E-state index contributed by atoms with van der Waals surface area (Å²) in [6.07, 6.45) is 82.1. The van der Waals surface area contributed by atoms with Crippen LogP contribution in [0.1, 0.15) is 517 Å². The third kappa shape index (κ3) is 87.9. The highest BCUT2D eigenvalue weighted by atomic mass is 31.2. The summed E-state index contributed by atoms with van der Waals surface area (Å²) in [5, 5.41) is 10.7. The number of carbonyl (C=O) groups excluding carboxylic acids is 4. The summed E-state index contributed by atoms with van der Waals surface area (Å²) < 4.78 is 69.2. The van der Waals surface area contributed by atoms with Crippen molar-refractivity contribution in [2.75, 3.05) is 39.6 Å². The molecule has 0 aromatic heterocycles. The third-order valence-corrected chi connectivity index (χ3v) is 24.4. The Bertz CT molecular complexity index is 2170. The molecular formula is C95H186O17P2. The van der Waals surface area contributed by atoms with E-state index in [0.29, 0.717) is 25.7 Å². The van der Waals surface area contributed by atoms with Crippen LogP contribution < -0.4 is 0 Å². The second-order valence-electron chi connectivity index (χ2n) is 35.1. The van der Waals surface area contributed by atoms with Gasteiger partial charge in [0, 0.05) is 25.7 Å². The molecule has 0 saturated heterocycles. The lowest BCUT2D eigenvalue weighted by Gasteiger charge is -2.21. The number of unbranched alkanes of at least 4 members (excludes halogenated alkanes) is 64. The summed E-state index contributed by atoms with van der Waals surface area (Å²) in [6, 6.07) is 0. The molecule has 0 radical (unpaired) electrons. The van der Waals surface area contributed by atoms with Gasteiger partial charge in [0.2, 0.25) is 0 Å². The number of rotatable bonds is 94. The average molecular weight is 1660 g/mol. The predicted octanol–water partition coefficient (Wildman–Crippen LogP) is 29.7. The summed E-state index contributed by atoms with van der Waals surface area (Å²) >= 11 is 0. The molecule has 678 valence electrons. The van der Waals surface area contributed by atoms with Crippen molar-refractivity contribution in [2.24, 2.45) is 11.8 Å². The van der Waals surface area contributed by atoms with Gasteiger partial charge in [-0.15, -0.1) is 0 Å². The fraction of sp³-hybridized carbons (Fsp3) is 0.958. The van der Waals surface area contributed by atoms with Crippen LogP contribution in [0.2, 0.25) is 0 Å². The van der Waals surface area contributed by atoms with Crippen LogP contribution in [0.3, 0.4) is 0 Å². The fourth-order valence-electron chi connectivity index (χ4n) is 15.0. The maximum Gasteiger partial charge on any atom is 0.472 e. The number of aliphatic hydroxyl groups excluding tert-OH is 1. The molecule has 0 bridgehead atoms. The molecule has 0 fully saturated rings. The van der Waals surface area contributed by atoms with Gasteiger partial charge in [-0.05, 0) is 37.5 Å². The average Bonchev–Trinajstić information content (AvgIpc) is 0.898. The number of carbonyl (C=O) groups is 4. The molecule has 19 heteroatoms.